The predicted octanol–water partition coefficient (Wildman–Crippen LogP) is 6.06. The molecule has 7 nitrogen and oxygen atoms in total. The summed E-state index contributed by atoms with van der Waals surface area (Å²) in [6, 6.07) is 20.7. The highest BCUT2D eigenvalue weighted by Crippen LogP contribution is 2.32. The van der Waals surface area contributed by atoms with Gasteiger partial charge >= 0.3 is 0 Å². The average Bonchev–Trinajstić information content (AvgIpc) is 3.32. The van der Waals surface area contributed by atoms with Crippen LogP contribution in [0.5, 0.6) is 0 Å². The van der Waals surface area contributed by atoms with Crippen LogP contribution in [0.15, 0.2) is 85.1 Å². The summed E-state index contributed by atoms with van der Waals surface area (Å²) in [7, 11) is 0. The Morgan fingerprint density at radius 1 is 0.895 bits per heavy atom. The number of amides is 2. The third kappa shape index (κ3) is 5.51. The van der Waals surface area contributed by atoms with Crippen LogP contribution in [0.25, 0.3) is 10.9 Å². The molecule has 2 amide bonds. The maximum atomic E-state index is 14.1. The first-order valence-corrected chi connectivity index (χ1v) is 12.0. The minimum atomic E-state index is -3.06. The lowest BCUT2D eigenvalue weighted by Crippen LogP contribution is -2.38. The molecule has 194 valence electrons. The van der Waals surface area contributed by atoms with E-state index in [4.69, 9.17) is 5.41 Å². The Morgan fingerprint density at radius 3 is 2.18 bits per heavy atom. The van der Waals surface area contributed by atoms with Gasteiger partial charge in [-0.1, -0.05) is 43.3 Å². The fraction of sp³-hybridized carbons (Fsp3) is 0.172. The quantitative estimate of drug-likeness (QED) is 0.196. The highest BCUT2D eigenvalue weighted by atomic mass is 19.3. The molecule has 0 radical (unpaired) electrons. The lowest BCUT2D eigenvalue weighted by atomic mass is 10.0. The number of fused-ring (bicyclic) bond motifs is 1. The molecular formula is C29H26F2N4O3. The SMILES string of the molecule is CCC(F)(F)c1cccc(NC(=O)C(C(C)=N)C(=O)Nc2ccc3ccn(C(=O)c4ccccc4)c3c2)c1. The maximum Gasteiger partial charge on any atom is 0.273 e. The zero-order valence-corrected chi connectivity index (χ0v) is 20.8. The van der Waals surface area contributed by atoms with E-state index in [9.17, 15) is 23.2 Å². The highest BCUT2D eigenvalue weighted by Gasteiger charge is 2.31. The Kier molecular flexibility index (Phi) is 7.47. The van der Waals surface area contributed by atoms with Crippen molar-refractivity contribution in [2.75, 3.05) is 10.6 Å². The van der Waals surface area contributed by atoms with Crippen molar-refractivity contribution in [2.24, 2.45) is 5.92 Å². The first-order valence-electron chi connectivity index (χ1n) is 12.0. The Bertz CT molecular complexity index is 1530. The molecule has 0 fully saturated rings. The van der Waals surface area contributed by atoms with E-state index in [0.29, 0.717) is 16.8 Å². The second-order valence-electron chi connectivity index (χ2n) is 8.86. The van der Waals surface area contributed by atoms with Crippen molar-refractivity contribution in [3.63, 3.8) is 0 Å². The highest BCUT2D eigenvalue weighted by molar-refractivity contribution is 6.24. The van der Waals surface area contributed by atoms with Crippen LogP contribution in [-0.4, -0.2) is 28.0 Å². The van der Waals surface area contributed by atoms with Crippen LogP contribution in [0.3, 0.4) is 0 Å². The van der Waals surface area contributed by atoms with Gasteiger partial charge in [0.15, 0.2) is 5.92 Å². The zero-order chi connectivity index (χ0) is 27.4. The number of rotatable bonds is 8. The lowest BCUT2D eigenvalue weighted by Gasteiger charge is -2.18. The molecule has 0 spiro atoms. The van der Waals surface area contributed by atoms with E-state index >= 15 is 0 Å². The van der Waals surface area contributed by atoms with E-state index in [1.165, 1.54) is 36.6 Å². The fourth-order valence-electron chi connectivity index (χ4n) is 4.07. The Morgan fingerprint density at radius 2 is 1.55 bits per heavy atom. The van der Waals surface area contributed by atoms with Crippen molar-refractivity contribution >= 4 is 45.7 Å². The monoisotopic (exact) mass is 516 g/mol. The minimum absolute atomic E-state index is 0.0957. The summed E-state index contributed by atoms with van der Waals surface area (Å²) in [6.45, 7) is 2.67. The van der Waals surface area contributed by atoms with Gasteiger partial charge in [0.2, 0.25) is 11.8 Å². The number of hydrogen-bond acceptors (Lipinski definition) is 4. The van der Waals surface area contributed by atoms with Crippen molar-refractivity contribution in [3.05, 3.63) is 96.2 Å². The number of aromatic nitrogens is 1. The number of nitrogens with one attached hydrogen (secondary N) is 3. The van der Waals surface area contributed by atoms with Crippen molar-refractivity contribution in [1.29, 1.82) is 5.41 Å². The van der Waals surface area contributed by atoms with Gasteiger partial charge in [0.05, 0.1) is 5.52 Å². The van der Waals surface area contributed by atoms with Gasteiger partial charge in [-0.05, 0) is 49.4 Å². The van der Waals surface area contributed by atoms with Crippen LogP contribution in [0.1, 0.15) is 36.2 Å². The largest absolute Gasteiger partial charge is 0.325 e. The van der Waals surface area contributed by atoms with Gasteiger partial charge in [-0.2, -0.15) is 0 Å². The molecule has 0 bridgehead atoms. The molecule has 0 aliphatic carbocycles. The maximum absolute atomic E-state index is 14.1. The second kappa shape index (κ2) is 10.8. The third-order valence-corrected chi connectivity index (χ3v) is 6.15. The number of benzene rings is 3. The molecule has 4 rings (SSSR count). The summed E-state index contributed by atoms with van der Waals surface area (Å²) in [5.41, 5.74) is 0.991. The molecular weight excluding hydrogens is 490 g/mol. The first kappa shape index (κ1) is 26.4. The lowest BCUT2D eigenvalue weighted by molar-refractivity contribution is -0.126. The van der Waals surface area contributed by atoms with Crippen LogP contribution in [-0.2, 0) is 15.5 Å². The summed E-state index contributed by atoms with van der Waals surface area (Å²) >= 11 is 0. The van der Waals surface area contributed by atoms with Crippen molar-refractivity contribution in [3.8, 4) is 0 Å². The van der Waals surface area contributed by atoms with Crippen molar-refractivity contribution in [2.45, 2.75) is 26.2 Å². The Balaban J connectivity index is 1.54. The molecule has 0 aliphatic heterocycles. The number of carbonyl (C=O) groups is 3. The molecule has 9 heteroatoms. The molecule has 1 unspecified atom stereocenters. The summed E-state index contributed by atoms with van der Waals surface area (Å²) < 4.78 is 29.6. The van der Waals surface area contributed by atoms with Crippen LogP contribution < -0.4 is 10.6 Å². The summed E-state index contributed by atoms with van der Waals surface area (Å²) in [5, 5.41) is 13.9. The molecule has 0 saturated carbocycles. The van der Waals surface area contributed by atoms with Crippen LogP contribution in [0.2, 0.25) is 0 Å². The fourth-order valence-corrected chi connectivity index (χ4v) is 4.07. The predicted molar refractivity (Wildman–Crippen MR) is 143 cm³/mol. The summed E-state index contributed by atoms with van der Waals surface area (Å²) in [6.07, 6.45) is 1.24. The minimum Gasteiger partial charge on any atom is -0.325 e. The number of nitrogens with zero attached hydrogens (tertiary/aromatic N) is 1. The zero-order valence-electron chi connectivity index (χ0n) is 20.8. The van der Waals surface area contributed by atoms with E-state index in [0.717, 1.165) is 11.5 Å². The molecule has 0 saturated heterocycles. The van der Waals surface area contributed by atoms with Crippen molar-refractivity contribution in [1.82, 2.24) is 4.57 Å². The van der Waals surface area contributed by atoms with Gasteiger partial charge in [0.25, 0.3) is 11.8 Å². The van der Waals surface area contributed by atoms with Gasteiger partial charge in [-0.15, -0.1) is 0 Å². The number of hydrogen-bond donors (Lipinski definition) is 3. The summed E-state index contributed by atoms with van der Waals surface area (Å²) in [5.74, 6) is -6.40. The van der Waals surface area contributed by atoms with Gasteiger partial charge < -0.3 is 16.0 Å². The molecule has 3 aromatic carbocycles. The molecule has 0 aliphatic rings. The van der Waals surface area contributed by atoms with Gasteiger partial charge in [-0.25, -0.2) is 8.78 Å². The smallest absolute Gasteiger partial charge is 0.273 e. The number of halogens is 2. The molecule has 1 atom stereocenters. The molecule has 38 heavy (non-hydrogen) atoms. The van der Waals surface area contributed by atoms with E-state index in [-0.39, 0.29) is 22.9 Å². The van der Waals surface area contributed by atoms with E-state index in [1.807, 2.05) is 6.07 Å². The number of carbonyl (C=O) groups excluding carboxylic acids is 3. The van der Waals surface area contributed by atoms with Crippen LogP contribution >= 0.6 is 0 Å². The van der Waals surface area contributed by atoms with Gasteiger partial charge in [0.1, 0.15) is 0 Å². The Labute approximate surface area is 218 Å². The average molecular weight is 517 g/mol. The number of alkyl halides is 2. The Hall–Kier alpha value is -4.66. The normalized spacial score (nSPS) is 12.1. The third-order valence-electron chi connectivity index (χ3n) is 6.15. The molecule has 4 aromatic rings. The van der Waals surface area contributed by atoms with Gasteiger partial charge in [-0.3, -0.25) is 19.0 Å². The topological polar surface area (TPSA) is 104 Å². The van der Waals surface area contributed by atoms with Crippen LogP contribution in [0, 0.1) is 11.3 Å². The van der Waals surface area contributed by atoms with Gasteiger partial charge in [0, 0.05) is 46.2 Å². The van der Waals surface area contributed by atoms with E-state index in [2.05, 4.69) is 10.6 Å². The van der Waals surface area contributed by atoms with Crippen molar-refractivity contribution < 1.29 is 23.2 Å². The molecule has 1 aromatic heterocycles. The van der Waals surface area contributed by atoms with Crippen LogP contribution in [0.4, 0.5) is 20.2 Å². The molecule has 1 heterocycles. The van der Waals surface area contributed by atoms with E-state index < -0.39 is 30.1 Å². The first-order chi connectivity index (χ1) is 18.1. The number of anilines is 2. The standard InChI is InChI=1S/C29H26F2N4O3/c1-3-29(30,31)21-10-7-11-22(16-21)33-26(36)25(18(2)32)27(37)34-23-13-12-19-14-15-35(24(19)17-23)28(38)20-8-5-4-6-9-20/h4-17,25,32H,3H2,1-2H3,(H,33,36)(H,34,37). The summed E-state index contributed by atoms with van der Waals surface area (Å²) in [4.78, 5) is 39.0. The second-order valence-corrected chi connectivity index (χ2v) is 8.86. The van der Waals surface area contributed by atoms with E-state index in [1.54, 1.807) is 54.7 Å². The molecule has 3 N–H and O–H groups in total.